The van der Waals surface area contributed by atoms with Crippen LogP contribution in [0.4, 0.5) is 0 Å². The molecular weight excluding hydrogens is 272 g/mol. The third-order valence-electron chi connectivity index (χ3n) is 3.09. The molecule has 0 spiro atoms. The van der Waals surface area contributed by atoms with Crippen molar-refractivity contribution in [2.75, 3.05) is 13.2 Å². The van der Waals surface area contributed by atoms with E-state index < -0.39 is 42.7 Å². The maximum Gasteiger partial charge on any atom is 0.217 e. The van der Waals surface area contributed by atoms with Gasteiger partial charge in [0.15, 0.2) is 5.79 Å². The average molecular weight is 290 g/mol. The fourth-order valence-electron chi connectivity index (χ4n) is 2.12. The molecule has 1 aliphatic rings. The summed E-state index contributed by atoms with van der Waals surface area (Å²) in [5.41, 5.74) is 8.22. The Morgan fingerprint density at radius 2 is 2.15 bits per heavy atom. The van der Waals surface area contributed by atoms with Crippen LogP contribution in [0.1, 0.15) is 13.3 Å². The minimum Gasteiger partial charge on any atom is -0.394 e. The maximum atomic E-state index is 11.1. The Morgan fingerprint density at radius 3 is 2.65 bits per heavy atom. The Morgan fingerprint density at radius 1 is 1.50 bits per heavy atom. The lowest BCUT2D eigenvalue weighted by Gasteiger charge is -2.47. The molecule has 114 valence electrons. The highest BCUT2D eigenvalue weighted by Gasteiger charge is 2.53. The molecule has 10 heteroatoms. The van der Waals surface area contributed by atoms with Crippen molar-refractivity contribution in [3.05, 3.63) is 10.4 Å². The second-order valence-electron chi connectivity index (χ2n) is 4.55. The number of carbonyl (C=O) groups is 1. The van der Waals surface area contributed by atoms with Gasteiger partial charge in [-0.3, -0.25) is 4.79 Å². The lowest BCUT2D eigenvalue weighted by molar-refractivity contribution is -0.319. The van der Waals surface area contributed by atoms with Crippen molar-refractivity contribution in [2.45, 2.75) is 43.5 Å². The molecule has 5 N–H and O–H groups in total. The van der Waals surface area contributed by atoms with Gasteiger partial charge in [0, 0.05) is 24.8 Å². The SMILES string of the molecule is CC(=O)N[C@@H]1[C@@H](O)[C@H](O)[C@@H](CO)OC1(O)CCN=[N+]=[N-]. The number of amides is 1. The number of nitrogens with zero attached hydrogens (tertiary/aromatic N) is 3. The molecule has 0 aromatic carbocycles. The highest BCUT2D eigenvalue weighted by Crippen LogP contribution is 2.30. The number of aliphatic hydroxyl groups excluding tert-OH is 3. The molecular formula is C10H18N4O6. The molecule has 1 aliphatic heterocycles. The number of nitrogens with one attached hydrogen (secondary N) is 1. The van der Waals surface area contributed by atoms with E-state index in [0.29, 0.717) is 0 Å². The number of hydrogen-bond donors (Lipinski definition) is 5. The van der Waals surface area contributed by atoms with Gasteiger partial charge in [0.1, 0.15) is 24.4 Å². The number of rotatable bonds is 5. The molecule has 0 saturated carbocycles. The van der Waals surface area contributed by atoms with E-state index in [0.717, 1.165) is 0 Å². The molecule has 10 nitrogen and oxygen atoms in total. The summed E-state index contributed by atoms with van der Waals surface area (Å²) in [6.45, 7) is 0.393. The number of aliphatic hydroxyl groups is 4. The molecule has 1 amide bonds. The summed E-state index contributed by atoms with van der Waals surface area (Å²) >= 11 is 0. The smallest absolute Gasteiger partial charge is 0.217 e. The molecule has 0 radical (unpaired) electrons. The third kappa shape index (κ3) is 3.57. The van der Waals surface area contributed by atoms with Crippen molar-refractivity contribution in [2.24, 2.45) is 5.11 Å². The van der Waals surface area contributed by atoms with Crippen LogP contribution in [-0.4, -0.2) is 69.6 Å². The van der Waals surface area contributed by atoms with Crippen molar-refractivity contribution in [3.8, 4) is 0 Å². The first-order chi connectivity index (χ1) is 9.35. The van der Waals surface area contributed by atoms with E-state index >= 15 is 0 Å². The zero-order chi connectivity index (χ0) is 15.3. The predicted octanol–water partition coefficient (Wildman–Crippen LogP) is -2.01. The van der Waals surface area contributed by atoms with Gasteiger partial charge in [0.25, 0.3) is 0 Å². The molecule has 0 aromatic heterocycles. The van der Waals surface area contributed by atoms with Gasteiger partial charge in [-0.05, 0) is 5.53 Å². The zero-order valence-corrected chi connectivity index (χ0v) is 10.9. The maximum absolute atomic E-state index is 11.1. The van der Waals surface area contributed by atoms with E-state index in [1.54, 1.807) is 0 Å². The summed E-state index contributed by atoms with van der Waals surface area (Å²) in [7, 11) is 0. The van der Waals surface area contributed by atoms with Crippen LogP contribution in [-0.2, 0) is 9.53 Å². The van der Waals surface area contributed by atoms with Gasteiger partial charge in [-0.1, -0.05) is 5.11 Å². The summed E-state index contributed by atoms with van der Waals surface area (Å²) in [5.74, 6) is -2.61. The molecule has 1 unspecified atom stereocenters. The van der Waals surface area contributed by atoms with Crippen molar-refractivity contribution in [3.63, 3.8) is 0 Å². The van der Waals surface area contributed by atoms with Crippen molar-refractivity contribution < 1.29 is 30.0 Å². The molecule has 5 atom stereocenters. The van der Waals surface area contributed by atoms with E-state index in [-0.39, 0.29) is 13.0 Å². The van der Waals surface area contributed by atoms with Crippen LogP contribution in [0.3, 0.4) is 0 Å². The molecule has 0 bridgehead atoms. The molecule has 0 aromatic rings. The fourth-order valence-corrected chi connectivity index (χ4v) is 2.12. The molecule has 1 rings (SSSR count). The van der Waals surface area contributed by atoms with Gasteiger partial charge >= 0.3 is 0 Å². The second-order valence-corrected chi connectivity index (χ2v) is 4.55. The predicted molar refractivity (Wildman–Crippen MR) is 65.2 cm³/mol. The Labute approximate surface area is 114 Å². The summed E-state index contributed by atoms with van der Waals surface area (Å²) in [5, 5.41) is 44.7. The third-order valence-corrected chi connectivity index (χ3v) is 3.09. The summed E-state index contributed by atoms with van der Waals surface area (Å²) < 4.78 is 5.16. The first-order valence-corrected chi connectivity index (χ1v) is 6.01. The van der Waals surface area contributed by atoms with Crippen LogP contribution >= 0.6 is 0 Å². The number of carbonyl (C=O) groups excluding carboxylic acids is 1. The Kier molecular flexibility index (Phi) is 5.69. The Bertz CT molecular complexity index is 401. The number of hydrogen-bond acceptors (Lipinski definition) is 7. The van der Waals surface area contributed by atoms with Crippen LogP contribution in [0.15, 0.2) is 5.11 Å². The van der Waals surface area contributed by atoms with E-state index in [1.807, 2.05) is 0 Å². The topological polar surface area (TPSA) is 168 Å². The first kappa shape index (κ1) is 16.6. The van der Waals surface area contributed by atoms with Crippen LogP contribution in [0.5, 0.6) is 0 Å². The minimum atomic E-state index is -2.06. The van der Waals surface area contributed by atoms with Gasteiger partial charge in [-0.2, -0.15) is 0 Å². The van der Waals surface area contributed by atoms with E-state index in [1.165, 1.54) is 6.92 Å². The summed E-state index contributed by atoms with van der Waals surface area (Å²) in [6.07, 6.45) is -4.45. The van der Waals surface area contributed by atoms with Crippen LogP contribution in [0.25, 0.3) is 10.4 Å². The van der Waals surface area contributed by atoms with Gasteiger partial charge < -0.3 is 30.5 Å². The minimum absolute atomic E-state index is 0.149. The Hall–Kier alpha value is -1.42. The Balaban J connectivity index is 2.98. The van der Waals surface area contributed by atoms with Gasteiger partial charge in [-0.15, -0.1) is 0 Å². The molecule has 1 saturated heterocycles. The molecule has 1 fully saturated rings. The standard InChI is InChI=1S/C10H18N4O6/c1-5(16)13-9-8(18)7(17)6(4-15)20-10(9,19)2-3-12-14-11/h6-9,15,17-19H,2-4H2,1H3,(H,13,16)/t6-,7-,8+,9-,10?/m1/s1. The lowest BCUT2D eigenvalue weighted by Crippen LogP contribution is -2.70. The quantitative estimate of drug-likeness (QED) is 0.223. The van der Waals surface area contributed by atoms with Gasteiger partial charge in [0.2, 0.25) is 5.91 Å². The van der Waals surface area contributed by atoms with Gasteiger partial charge in [0.05, 0.1) is 6.61 Å². The van der Waals surface area contributed by atoms with Crippen LogP contribution in [0, 0.1) is 0 Å². The monoisotopic (exact) mass is 290 g/mol. The van der Waals surface area contributed by atoms with Gasteiger partial charge in [-0.25, -0.2) is 0 Å². The van der Waals surface area contributed by atoms with Crippen LogP contribution < -0.4 is 5.32 Å². The van der Waals surface area contributed by atoms with E-state index in [2.05, 4.69) is 15.3 Å². The average Bonchev–Trinajstić information content (AvgIpc) is 2.39. The molecule has 20 heavy (non-hydrogen) atoms. The summed E-state index contributed by atoms with van der Waals surface area (Å²) in [6, 6.07) is -1.31. The normalized spacial score (nSPS) is 37.0. The first-order valence-electron chi connectivity index (χ1n) is 6.01. The van der Waals surface area contributed by atoms with E-state index in [9.17, 15) is 20.1 Å². The van der Waals surface area contributed by atoms with E-state index in [4.69, 9.17) is 15.4 Å². The number of ether oxygens (including phenoxy) is 1. The second kappa shape index (κ2) is 6.84. The zero-order valence-electron chi connectivity index (χ0n) is 10.9. The van der Waals surface area contributed by atoms with Crippen molar-refractivity contribution >= 4 is 5.91 Å². The highest BCUT2D eigenvalue weighted by atomic mass is 16.6. The van der Waals surface area contributed by atoms with Crippen LogP contribution in [0.2, 0.25) is 0 Å². The van der Waals surface area contributed by atoms with Crippen molar-refractivity contribution in [1.82, 2.24) is 5.32 Å². The highest BCUT2D eigenvalue weighted by molar-refractivity contribution is 5.73. The lowest BCUT2D eigenvalue weighted by atomic mass is 9.88. The summed E-state index contributed by atoms with van der Waals surface area (Å²) in [4.78, 5) is 13.7. The van der Waals surface area contributed by atoms with Crippen molar-refractivity contribution in [1.29, 1.82) is 0 Å². The largest absolute Gasteiger partial charge is 0.394 e. The number of azide groups is 1. The molecule has 0 aliphatic carbocycles. The molecule has 1 heterocycles. The fraction of sp³-hybridized carbons (Fsp3) is 0.900.